The molecule has 3 heterocycles. The van der Waals surface area contributed by atoms with Crippen LogP contribution >= 0.6 is 36.6 Å². The summed E-state index contributed by atoms with van der Waals surface area (Å²) in [7, 11) is 0. The Morgan fingerprint density at radius 1 is 1.26 bits per heavy atom. The van der Waals surface area contributed by atoms with Crippen molar-refractivity contribution in [1.82, 2.24) is 15.5 Å². The van der Waals surface area contributed by atoms with Crippen molar-refractivity contribution in [3.63, 3.8) is 0 Å². The van der Waals surface area contributed by atoms with Crippen molar-refractivity contribution in [3.8, 4) is 0 Å². The van der Waals surface area contributed by atoms with Crippen LogP contribution in [0.5, 0.6) is 0 Å². The van der Waals surface area contributed by atoms with E-state index in [4.69, 9.17) is 9.47 Å². The molecule has 136 valence electrons. The van der Waals surface area contributed by atoms with Crippen molar-refractivity contribution in [1.29, 1.82) is 0 Å². The van der Waals surface area contributed by atoms with E-state index in [9.17, 15) is 4.79 Å². The number of rotatable bonds is 4. The fourth-order valence-corrected chi connectivity index (χ4v) is 4.72. The van der Waals surface area contributed by atoms with E-state index in [0.717, 1.165) is 51.6 Å². The number of thioether (sulfide) groups is 1. The minimum Gasteiger partial charge on any atom is -0.379 e. The molecule has 6 nitrogen and oxygen atoms in total. The highest BCUT2D eigenvalue weighted by atomic mass is 35.5. The molecule has 3 fully saturated rings. The second-order valence-corrected chi connectivity index (χ2v) is 7.03. The van der Waals surface area contributed by atoms with Crippen LogP contribution < -0.4 is 10.6 Å². The van der Waals surface area contributed by atoms with E-state index in [-0.39, 0.29) is 42.3 Å². The molecule has 0 bridgehead atoms. The number of nitrogens with zero attached hydrogens (tertiary/aromatic N) is 1. The lowest BCUT2D eigenvalue weighted by Crippen LogP contribution is -2.61. The van der Waals surface area contributed by atoms with Crippen LogP contribution in [-0.2, 0) is 14.3 Å². The quantitative estimate of drug-likeness (QED) is 0.715. The molecule has 3 aliphatic heterocycles. The van der Waals surface area contributed by atoms with E-state index in [1.807, 2.05) is 11.8 Å². The molecule has 0 aromatic heterocycles. The van der Waals surface area contributed by atoms with Crippen molar-refractivity contribution in [2.75, 3.05) is 64.1 Å². The summed E-state index contributed by atoms with van der Waals surface area (Å²) in [6, 6.07) is -0.199. The summed E-state index contributed by atoms with van der Waals surface area (Å²) in [5.41, 5.74) is 0.111. The zero-order chi connectivity index (χ0) is 14.5. The summed E-state index contributed by atoms with van der Waals surface area (Å²) in [4.78, 5) is 14.8. The maximum absolute atomic E-state index is 12.3. The Morgan fingerprint density at radius 3 is 2.65 bits per heavy atom. The molecule has 1 amide bonds. The Hall–Kier alpha value is 0.240. The topological polar surface area (TPSA) is 62.8 Å². The van der Waals surface area contributed by atoms with Gasteiger partial charge in [0.25, 0.3) is 0 Å². The van der Waals surface area contributed by atoms with Crippen molar-refractivity contribution in [2.24, 2.45) is 0 Å². The fraction of sp³-hybridized carbons (Fsp3) is 0.929. The third-order valence-electron chi connectivity index (χ3n) is 4.59. The summed E-state index contributed by atoms with van der Waals surface area (Å²) in [5, 5.41) is 6.37. The van der Waals surface area contributed by atoms with Gasteiger partial charge in [0, 0.05) is 37.5 Å². The summed E-state index contributed by atoms with van der Waals surface area (Å²) in [6.45, 7) is 6.21. The van der Waals surface area contributed by atoms with Crippen LogP contribution in [0.2, 0.25) is 0 Å². The lowest BCUT2D eigenvalue weighted by molar-refractivity contribution is -0.126. The molecule has 0 aliphatic carbocycles. The van der Waals surface area contributed by atoms with Gasteiger partial charge < -0.3 is 20.1 Å². The maximum Gasteiger partial charge on any atom is 0.239 e. The van der Waals surface area contributed by atoms with E-state index in [2.05, 4.69) is 15.5 Å². The van der Waals surface area contributed by atoms with Crippen LogP contribution in [0.1, 0.15) is 6.42 Å². The fourth-order valence-electron chi connectivity index (χ4n) is 3.24. The minimum absolute atomic E-state index is 0. The average molecular weight is 388 g/mol. The van der Waals surface area contributed by atoms with Crippen molar-refractivity contribution in [3.05, 3.63) is 0 Å². The van der Waals surface area contributed by atoms with E-state index in [0.29, 0.717) is 13.2 Å². The number of nitrogens with one attached hydrogen (secondary N) is 2. The van der Waals surface area contributed by atoms with Gasteiger partial charge in [-0.25, -0.2) is 0 Å². The van der Waals surface area contributed by atoms with Crippen LogP contribution in [0.3, 0.4) is 0 Å². The predicted octanol–water partition coefficient (Wildman–Crippen LogP) is 0.143. The number of hydrogen-bond acceptors (Lipinski definition) is 6. The van der Waals surface area contributed by atoms with Gasteiger partial charge in [-0.15, -0.1) is 24.8 Å². The molecule has 2 unspecified atom stereocenters. The van der Waals surface area contributed by atoms with E-state index in [1.165, 1.54) is 5.75 Å². The van der Waals surface area contributed by atoms with Crippen LogP contribution in [0, 0.1) is 0 Å². The number of carbonyl (C=O) groups excluding carboxylic acids is 1. The molecular formula is C14H27Cl2N3O3S. The first kappa shape index (κ1) is 21.3. The van der Waals surface area contributed by atoms with Crippen molar-refractivity contribution in [2.45, 2.75) is 18.0 Å². The van der Waals surface area contributed by atoms with Gasteiger partial charge in [0.05, 0.1) is 26.4 Å². The Morgan fingerprint density at radius 2 is 2.04 bits per heavy atom. The molecule has 0 aromatic carbocycles. The van der Waals surface area contributed by atoms with Crippen molar-refractivity contribution < 1.29 is 14.3 Å². The molecule has 0 aromatic rings. The number of carbonyl (C=O) groups is 1. The summed E-state index contributed by atoms with van der Waals surface area (Å²) in [5.74, 6) is 2.35. The highest BCUT2D eigenvalue weighted by Crippen LogP contribution is 2.33. The number of halogens is 2. The lowest BCUT2D eigenvalue weighted by Gasteiger charge is -2.43. The number of amides is 1. The standard InChI is InChI=1S/C14H25N3O3S.2ClH/c18-13(12-9-20-5-2-15-12)16-10-14(1-8-21-11-14)17-3-6-19-7-4-17;;/h12,15H,1-11H2,(H,16,18);2*1H. The molecule has 3 aliphatic rings. The number of morpholine rings is 2. The van der Waals surface area contributed by atoms with E-state index < -0.39 is 0 Å². The molecular weight excluding hydrogens is 361 g/mol. The van der Waals surface area contributed by atoms with Gasteiger partial charge in [-0.1, -0.05) is 0 Å². The Bertz CT molecular complexity index is 361. The summed E-state index contributed by atoms with van der Waals surface area (Å²) >= 11 is 1.99. The van der Waals surface area contributed by atoms with Gasteiger partial charge in [0.15, 0.2) is 0 Å². The molecule has 2 atom stereocenters. The SMILES string of the molecule is Cl.Cl.O=C(NCC1(N2CCOCC2)CCSC1)C1COCCN1. The third kappa shape index (κ3) is 5.36. The van der Waals surface area contributed by atoms with Crippen molar-refractivity contribution >= 4 is 42.5 Å². The normalized spacial score (nSPS) is 31.7. The lowest BCUT2D eigenvalue weighted by atomic mass is 9.95. The summed E-state index contributed by atoms with van der Waals surface area (Å²) < 4.78 is 10.8. The second-order valence-electron chi connectivity index (χ2n) is 5.93. The van der Waals surface area contributed by atoms with E-state index >= 15 is 0 Å². The van der Waals surface area contributed by atoms with Gasteiger partial charge >= 0.3 is 0 Å². The summed E-state index contributed by atoms with van der Waals surface area (Å²) in [6.07, 6.45) is 1.15. The first-order valence-electron chi connectivity index (χ1n) is 7.80. The maximum atomic E-state index is 12.3. The van der Waals surface area contributed by atoms with Crippen LogP contribution in [0.4, 0.5) is 0 Å². The Kier molecular flexibility index (Phi) is 9.51. The Labute approximate surface area is 154 Å². The Balaban J connectivity index is 0.00000132. The molecule has 23 heavy (non-hydrogen) atoms. The zero-order valence-corrected chi connectivity index (χ0v) is 15.7. The van der Waals surface area contributed by atoms with E-state index in [1.54, 1.807) is 0 Å². The van der Waals surface area contributed by atoms with Crippen LogP contribution in [-0.4, -0.2) is 86.5 Å². The minimum atomic E-state index is -0.199. The van der Waals surface area contributed by atoms with Gasteiger partial charge in [-0.05, 0) is 12.2 Å². The smallest absolute Gasteiger partial charge is 0.239 e. The highest BCUT2D eigenvalue weighted by Gasteiger charge is 2.41. The largest absolute Gasteiger partial charge is 0.379 e. The van der Waals surface area contributed by atoms with Gasteiger partial charge in [-0.2, -0.15) is 11.8 Å². The number of hydrogen-bond donors (Lipinski definition) is 2. The predicted molar refractivity (Wildman–Crippen MR) is 97.2 cm³/mol. The molecule has 0 saturated carbocycles. The monoisotopic (exact) mass is 387 g/mol. The van der Waals surface area contributed by atoms with Gasteiger partial charge in [0.2, 0.25) is 5.91 Å². The van der Waals surface area contributed by atoms with Gasteiger partial charge in [-0.3, -0.25) is 9.69 Å². The molecule has 9 heteroatoms. The molecule has 3 saturated heterocycles. The first-order chi connectivity index (χ1) is 10.3. The molecule has 3 rings (SSSR count). The number of ether oxygens (including phenoxy) is 2. The first-order valence-corrected chi connectivity index (χ1v) is 8.95. The zero-order valence-electron chi connectivity index (χ0n) is 13.3. The average Bonchev–Trinajstić information content (AvgIpc) is 3.04. The molecule has 0 radical (unpaired) electrons. The second kappa shape index (κ2) is 10.3. The van der Waals surface area contributed by atoms with Crippen LogP contribution in [0.15, 0.2) is 0 Å². The molecule has 2 N–H and O–H groups in total. The van der Waals surface area contributed by atoms with Crippen LogP contribution in [0.25, 0.3) is 0 Å². The van der Waals surface area contributed by atoms with Gasteiger partial charge in [0.1, 0.15) is 6.04 Å². The molecule has 0 spiro atoms. The highest BCUT2D eigenvalue weighted by molar-refractivity contribution is 7.99. The third-order valence-corrected chi connectivity index (χ3v) is 5.83.